The standard InChI is InChI=1S/C28H26N2O8S2/c1-5-38-28(35)18-11-16-14-7-9-30(20(14)22(33)24(37-4)26(16)40-18)27(34)17-10-15-13-6-8-29(12(2)31)19(13)21(32)23(36-3)25(15)39-17/h10-11,32-33H,5-9H2,1-4H3. The molecule has 0 saturated heterocycles. The number of amides is 2. The second-order valence-electron chi connectivity index (χ2n) is 9.47. The first-order chi connectivity index (χ1) is 19.2. The van der Waals surface area contributed by atoms with Gasteiger partial charge in [0.1, 0.15) is 4.88 Å². The Balaban J connectivity index is 1.47. The number of fused-ring (bicyclic) bond motifs is 6. The predicted molar refractivity (Wildman–Crippen MR) is 153 cm³/mol. The highest BCUT2D eigenvalue weighted by Gasteiger charge is 2.37. The molecule has 4 heterocycles. The van der Waals surface area contributed by atoms with Crippen LogP contribution < -0.4 is 19.3 Å². The molecule has 2 aliphatic rings. The van der Waals surface area contributed by atoms with Gasteiger partial charge in [-0.05, 0) is 43.0 Å². The van der Waals surface area contributed by atoms with Gasteiger partial charge in [0, 0.05) is 30.8 Å². The van der Waals surface area contributed by atoms with Gasteiger partial charge in [-0.25, -0.2) is 4.79 Å². The monoisotopic (exact) mass is 582 g/mol. The summed E-state index contributed by atoms with van der Waals surface area (Å²) < 4.78 is 17.5. The zero-order valence-electron chi connectivity index (χ0n) is 22.2. The van der Waals surface area contributed by atoms with Crippen molar-refractivity contribution >= 4 is 72.0 Å². The lowest BCUT2D eigenvalue weighted by Gasteiger charge is -2.19. The molecule has 10 nitrogen and oxygen atoms in total. The van der Waals surface area contributed by atoms with Gasteiger partial charge in [0.2, 0.25) is 5.91 Å². The summed E-state index contributed by atoms with van der Waals surface area (Å²) in [6.07, 6.45) is 1.02. The summed E-state index contributed by atoms with van der Waals surface area (Å²) in [6.45, 7) is 4.17. The molecule has 2 amide bonds. The van der Waals surface area contributed by atoms with E-state index < -0.39 is 5.97 Å². The van der Waals surface area contributed by atoms with E-state index in [1.165, 1.54) is 53.6 Å². The summed E-state index contributed by atoms with van der Waals surface area (Å²) in [5, 5.41) is 23.8. The smallest absolute Gasteiger partial charge is 0.348 e. The maximum atomic E-state index is 14.0. The number of thiophene rings is 2. The van der Waals surface area contributed by atoms with E-state index in [0.717, 1.165) is 21.9 Å². The molecule has 2 aliphatic heterocycles. The largest absolute Gasteiger partial charge is 0.503 e. The van der Waals surface area contributed by atoms with Crippen LogP contribution in [0.5, 0.6) is 23.0 Å². The van der Waals surface area contributed by atoms with Gasteiger partial charge < -0.3 is 34.2 Å². The summed E-state index contributed by atoms with van der Waals surface area (Å²) in [7, 11) is 2.87. The highest BCUT2D eigenvalue weighted by molar-refractivity contribution is 7.21. The highest BCUT2D eigenvalue weighted by Crippen LogP contribution is 2.54. The molecule has 0 saturated carbocycles. The molecule has 0 fully saturated rings. The molecule has 208 valence electrons. The lowest BCUT2D eigenvalue weighted by atomic mass is 10.1. The van der Waals surface area contributed by atoms with Crippen LogP contribution in [0.1, 0.15) is 44.3 Å². The average molecular weight is 583 g/mol. The molecule has 0 spiro atoms. The molecular formula is C28H26N2O8S2. The first-order valence-electron chi connectivity index (χ1n) is 12.7. The number of rotatable bonds is 5. The van der Waals surface area contributed by atoms with Crippen molar-refractivity contribution in [3.05, 3.63) is 33.0 Å². The van der Waals surface area contributed by atoms with Crippen molar-refractivity contribution in [2.75, 3.05) is 43.7 Å². The number of aromatic hydroxyl groups is 2. The van der Waals surface area contributed by atoms with Crippen LogP contribution in [0.2, 0.25) is 0 Å². The Morgan fingerprint density at radius 1 is 0.850 bits per heavy atom. The molecule has 12 heteroatoms. The Kier molecular flexibility index (Phi) is 6.26. The van der Waals surface area contributed by atoms with Gasteiger partial charge in [0.25, 0.3) is 5.91 Å². The molecular weight excluding hydrogens is 556 g/mol. The summed E-state index contributed by atoms with van der Waals surface area (Å²) in [5.41, 5.74) is 2.31. The van der Waals surface area contributed by atoms with Crippen LogP contribution in [0.3, 0.4) is 0 Å². The molecule has 2 aromatic heterocycles. The van der Waals surface area contributed by atoms with Crippen LogP contribution in [0.15, 0.2) is 12.1 Å². The maximum Gasteiger partial charge on any atom is 0.348 e. The van der Waals surface area contributed by atoms with E-state index in [2.05, 4.69) is 0 Å². The Hall–Kier alpha value is -4.03. The number of hydrogen-bond donors (Lipinski definition) is 2. The van der Waals surface area contributed by atoms with Crippen LogP contribution in [0.4, 0.5) is 11.4 Å². The molecule has 0 bridgehead atoms. The second-order valence-corrected chi connectivity index (χ2v) is 11.6. The third-order valence-electron chi connectivity index (χ3n) is 7.41. The fourth-order valence-corrected chi connectivity index (χ4v) is 8.00. The van der Waals surface area contributed by atoms with E-state index in [4.69, 9.17) is 14.2 Å². The quantitative estimate of drug-likeness (QED) is 0.321. The fourth-order valence-electron chi connectivity index (χ4n) is 5.74. The summed E-state index contributed by atoms with van der Waals surface area (Å²) in [4.78, 5) is 42.4. The Morgan fingerprint density at radius 2 is 1.35 bits per heavy atom. The zero-order chi connectivity index (χ0) is 28.5. The number of esters is 1. The molecule has 2 N–H and O–H groups in total. The SMILES string of the molecule is CCOC(=O)c1cc2c3c(c(O)c(OC)c2s1)N(C(=O)c1cc2c4c(c(O)c(OC)c2s1)N(C(C)=O)CC4)CC3. The third-order valence-corrected chi connectivity index (χ3v) is 9.64. The molecule has 0 aliphatic carbocycles. The summed E-state index contributed by atoms with van der Waals surface area (Å²) in [6, 6.07) is 3.49. The van der Waals surface area contributed by atoms with Crippen molar-refractivity contribution in [1.82, 2.24) is 0 Å². The van der Waals surface area contributed by atoms with Crippen LogP contribution >= 0.6 is 22.7 Å². The Morgan fingerprint density at radius 3 is 1.88 bits per heavy atom. The first-order valence-corrected chi connectivity index (χ1v) is 14.3. The molecule has 0 unspecified atom stereocenters. The number of carbonyl (C=O) groups excluding carboxylic acids is 3. The minimum Gasteiger partial charge on any atom is -0.503 e. The molecule has 0 radical (unpaired) electrons. The fraction of sp³-hybridized carbons (Fsp3) is 0.321. The van der Waals surface area contributed by atoms with Crippen molar-refractivity contribution in [3.8, 4) is 23.0 Å². The van der Waals surface area contributed by atoms with E-state index in [9.17, 15) is 24.6 Å². The van der Waals surface area contributed by atoms with Crippen molar-refractivity contribution in [2.24, 2.45) is 0 Å². The van der Waals surface area contributed by atoms with E-state index >= 15 is 0 Å². The van der Waals surface area contributed by atoms with E-state index in [0.29, 0.717) is 56.5 Å². The highest BCUT2D eigenvalue weighted by atomic mass is 32.1. The van der Waals surface area contributed by atoms with E-state index in [-0.39, 0.29) is 41.4 Å². The molecule has 4 aromatic rings. The number of benzene rings is 2. The second kappa shape index (κ2) is 9.56. The first kappa shape index (κ1) is 26.2. The number of phenols is 2. The van der Waals surface area contributed by atoms with Crippen LogP contribution in [-0.2, 0) is 22.4 Å². The number of phenolic OH excluding ortho intramolecular Hbond substituents is 2. The molecule has 40 heavy (non-hydrogen) atoms. The van der Waals surface area contributed by atoms with Gasteiger partial charge in [0.05, 0.1) is 46.5 Å². The number of nitrogens with zero attached hydrogens (tertiary/aromatic N) is 2. The van der Waals surface area contributed by atoms with Crippen molar-refractivity contribution in [3.63, 3.8) is 0 Å². The number of anilines is 2. The molecule has 6 rings (SSSR count). The van der Waals surface area contributed by atoms with Crippen molar-refractivity contribution in [2.45, 2.75) is 26.7 Å². The summed E-state index contributed by atoms with van der Waals surface area (Å²) in [5.74, 6) is -0.849. The topological polar surface area (TPSA) is 126 Å². The number of hydrogen-bond acceptors (Lipinski definition) is 10. The van der Waals surface area contributed by atoms with Gasteiger partial charge in [-0.3, -0.25) is 9.59 Å². The molecule has 0 atom stereocenters. The minimum absolute atomic E-state index is 0.121. The van der Waals surface area contributed by atoms with Crippen molar-refractivity contribution in [1.29, 1.82) is 0 Å². The maximum absolute atomic E-state index is 14.0. The predicted octanol–water partition coefficient (Wildman–Crippen LogP) is 4.83. The van der Waals surface area contributed by atoms with Crippen molar-refractivity contribution < 1.29 is 38.8 Å². The normalized spacial score (nSPS) is 14.1. The van der Waals surface area contributed by atoms with Crippen LogP contribution in [0.25, 0.3) is 20.2 Å². The average Bonchev–Trinajstić information content (AvgIpc) is 3.72. The van der Waals surface area contributed by atoms with Crippen LogP contribution in [0, 0.1) is 0 Å². The van der Waals surface area contributed by atoms with Crippen LogP contribution in [-0.4, -0.2) is 61.9 Å². The number of carbonyl (C=O) groups is 3. The van der Waals surface area contributed by atoms with Gasteiger partial charge in [-0.1, -0.05) is 0 Å². The van der Waals surface area contributed by atoms with E-state index in [1.807, 2.05) is 0 Å². The lowest BCUT2D eigenvalue weighted by Crippen LogP contribution is -2.28. The van der Waals surface area contributed by atoms with Gasteiger partial charge in [0.15, 0.2) is 23.0 Å². The van der Waals surface area contributed by atoms with E-state index in [1.54, 1.807) is 19.1 Å². The summed E-state index contributed by atoms with van der Waals surface area (Å²) >= 11 is 2.37. The van der Waals surface area contributed by atoms with Gasteiger partial charge in [-0.2, -0.15) is 0 Å². The molecule has 2 aromatic carbocycles. The van der Waals surface area contributed by atoms with Gasteiger partial charge >= 0.3 is 5.97 Å². The number of ether oxygens (including phenoxy) is 3. The zero-order valence-corrected chi connectivity index (χ0v) is 23.9. The minimum atomic E-state index is -0.455. The Bertz CT molecular complexity index is 1750. The third kappa shape index (κ3) is 3.62. The number of methoxy groups -OCH3 is 2. The van der Waals surface area contributed by atoms with Gasteiger partial charge in [-0.15, -0.1) is 22.7 Å². The Labute approximate surface area is 236 Å². The lowest BCUT2D eigenvalue weighted by molar-refractivity contribution is -0.116.